The summed E-state index contributed by atoms with van der Waals surface area (Å²) >= 11 is 9.26. The molecule has 4 heteroatoms. The molecule has 0 aliphatic heterocycles. The molecule has 74 valence electrons. The molecule has 0 fully saturated rings. The van der Waals surface area contributed by atoms with Gasteiger partial charge >= 0.3 is 5.97 Å². The summed E-state index contributed by atoms with van der Waals surface area (Å²) in [6, 6.07) is 3.60. The summed E-state index contributed by atoms with van der Waals surface area (Å²) in [6.45, 7) is 1.84. The molecule has 0 spiro atoms. The number of aliphatic carboxylic acids is 1. The van der Waals surface area contributed by atoms with Gasteiger partial charge in [-0.05, 0) is 46.1 Å². The van der Waals surface area contributed by atoms with E-state index in [9.17, 15) is 4.79 Å². The van der Waals surface area contributed by atoms with E-state index in [1.807, 2.05) is 13.0 Å². The second kappa shape index (κ2) is 4.62. The fraction of sp³-hybridized carbons (Fsp3) is 0.100. The Balaban J connectivity index is 3.12. The van der Waals surface area contributed by atoms with Crippen LogP contribution in [0.4, 0.5) is 0 Å². The maximum absolute atomic E-state index is 10.3. The van der Waals surface area contributed by atoms with Crippen LogP contribution in [0.5, 0.6) is 0 Å². The first kappa shape index (κ1) is 11.3. The van der Waals surface area contributed by atoms with E-state index < -0.39 is 5.97 Å². The highest BCUT2D eigenvalue weighted by atomic mass is 79.9. The third-order valence-corrected chi connectivity index (χ3v) is 3.16. The third-order valence-electron chi connectivity index (χ3n) is 1.79. The maximum Gasteiger partial charge on any atom is 0.328 e. The second-order valence-electron chi connectivity index (χ2n) is 2.75. The summed E-state index contributed by atoms with van der Waals surface area (Å²) < 4.78 is 0.809. The molecule has 0 amide bonds. The lowest BCUT2D eigenvalue weighted by atomic mass is 10.1. The van der Waals surface area contributed by atoms with Gasteiger partial charge in [-0.1, -0.05) is 17.7 Å². The van der Waals surface area contributed by atoms with Crippen molar-refractivity contribution in [3.63, 3.8) is 0 Å². The van der Waals surface area contributed by atoms with Crippen LogP contribution in [-0.4, -0.2) is 11.1 Å². The first-order valence-corrected chi connectivity index (χ1v) is 5.05. The van der Waals surface area contributed by atoms with Crippen LogP contribution in [0.25, 0.3) is 6.08 Å². The van der Waals surface area contributed by atoms with Gasteiger partial charge in [0.2, 0.25) is 0 Å². The minimum Gasteiger partial charge on any atom is -0.478 e. The summed E-state index contributed by atoms with van der Waals surface area (Å²) in [5, 5.41) is 9.07. The smallest absolute Gasteiger partial charge is 0.328 e. The van der Waals surface area contributed by atoms with Crippen LogP contribution in [0.2, 0.25) is 5.02 Å². The second-order valence-corrected chi connectivity index (χ2v) is 3.98. The van der Waals surface area contributed by atoms with Gasteiger partial charge < -0.3 is 5.11 Å². The molecule has 0 heterocycles. The third kappa shape index (κ3) is 2.59. The highest BCUT2D eigenvalue weighted by molar-refractivity contribution is 9.10. The fourth-order valence-electron chi connectivity index (χ4n) is 1.01. The van der Waals surface area contributed by atoms with Gasteiger partial charge in [0, 0.05) is 10.5 Å². The Hall–Kier alpha value is -0.800. The van der Waals surface area contributed by atoms with Crippen LogP contribution in [0.3, 0.4) is 0 Å². The zero-order valence-corrected chi connectivity index (χ0v) is 9.76. The molecule has 0 aliphatic carbocycles. The number of rotatable bonds is 2. The van der Waals surface area contributed by atoms with E-state index in [1.165, 1.54) is 6.08 Å². The Bertz CT molecular complexity index is 399. The molecule has 1 aromatic rings. The number of halogens is 2. The molecule has 0 radical (unpaired) electrons. The molecular weight excluding hydrogens is 267 g/mol. The van der Waals surface area contributed by atoms with E-state index in [1.54, 1.807) is 6.07 Å². The van der Waals surface area contributed by atoms with Gasteiger partial charge in [0.15, 0.2) is 0 Å². The molecule has 1 rings (SSSR count). The number of carbonyl (C=O) groups is 1. The monoisotopic (exact) mass is 274 g/mol. The lowest BCUT2D eigenvalue weighted by molar-refractivity contribution is -0.131. The van der Waals surface area contributed by atoms with Crippen molar-refractivity contribution in [3.8, 4) is 0 Å². The molecule has 14 heavy (non-hydrogen) atoms. The van der Waals surface area contributed by atoms with Crippen LogP contribution in [0.1, 0.15) is 11.1 Å². The van der Waals surface area contributed by atoms with Crippen molar-refractivity contribution >= 4 is 39.6 Å². The normalized spacial score (nSPS) is 10.8. The first-order valence-electron chi connectivity index (χ1n) is 3.88. The van der Waals surface area contributed by atoms with Gasteiger partial charge in [0.1, 0.15) is 0 Å². The van der Waals surface area contributed by atoms with Gasteiger partial charge in [0.05, 0.1) is 5.02 Å². The summed E-state index contributed by atoms with van der Waals surface area (Å²) in [7, 11) is 0. The first-order chi connectivity index (χ1) is 6.52. The number of hydrogen-bond donors (Lipinski definition) is 1. The van der Waals surface area contributed by atoms with Crippen molar-refractivity contribution in [3.05, 3.63) is 38.8 Å². The molecule has 1 aromatic carbocycles. The summed E-state index contributed by atoms with van der Waals surface area (Å²) in [4.78, 5) is 10.3. The van der Waals surface area contributed by atoms with E-state index in [-0.39, 0.29) is 0 Å². The summed E-state index contributed by atoms with van der Waals surface area (Å²) in [6.07, 6.45) is 2.61. The van der Waals surface area contributed by atoms with Crippen molar-refractivity contribution < 1.29 is 9.90 Å². The van der Waals surface area contributed by atoms with E-state index >= 15 is 0 Å². The SMILES string of the molecule is Cc1c(/C=C/C(=O)O)ccc(Br)c1Cl. The summed E-state index contributed by atoms with van der Waals surface area (Å²) in [5.74, 6) is -0.969. The van der Waals surface area contributed by atoms with Gasteiger partial charge in [-0.3, -0.25) is 0 Å². The quantitative estimate of drug-likeness (QED) is 0.839. The minimum absolute atomic E-state index is 0.609. The van der Waals surface area contributed by atoms with Crippen molar-refractivity contribution in [1.82, 2.24) is 0 Å². The highest BCUT2D eigenvalue weighted by Gasteiger charge is 2.03. The fourth-order valence-corrected chi connectivity index (χ4v) is 1.61. The number of carboxylic acids is 1. The van der Waals surface area contributed by atoms with Gasteiger partial charge in [-0.2, -0.15) is 0 Å². The van der Waals surface area contributed by atoms with Crippen LogP contribution >= 0.6 is 27.5 Å². The van der Waals surface area contributed by atoms with Crippen molar-refractivity contribution in [1.29, 1.82) is 0 Å². The lowest BCUT2D eigenvalue weighted by Gasteiger charge is -2.04. The van der Waals surface area contributed by atoms with Crippen molar-refractivity contribution in [2.75, 3.05) is 0 Å². The number of hydrogen-bond acceptors (Lipinski definition) is 1. The Morgan fingerprint density at radius 1 is 1.57 bits per heavy atom. The number of carboxylic acid groups (broad SMARTS) is 1. The molecule has 0 aliphatic rings. The van der Waals surface area contributed by atoms with E-state index in [2.05, 4.69) is 15.9 Å². The van der Waals surface area contributed by atoms with E-state index in [4.69, 9.17) is 16.7 Å². The maximum atomic E-state index is 10.3. The molecule has 0 saturated heterocycles. The molecular formula is C10H8BrClO2. The Morgan fingerprint density at radius 3 is 2.79 bits per heavy atom. The van der Waals surface area contributed by atoms with Gasteiger partial charge in [-0.25, -0.2) is 4.79 Å². The van der Waals surface area contributed by atoms with Crippen LogP contribution in [0, 0.1) is 6.92 Å². The Morgan fingerprint density at radius 2 is 2.21 bits per heavy atom. The van der Waals surface area contributed by atoms with E-state index in [0.29, 0.717) is 5.02 Å². The predicted octanol–water partition coefficient (Wildman–Crippen LogP) is 3.51. The molecule has 0 atom stereocenters. The minimum atomic E-state index is -0.969. The zero-order chi connectivity index (χ0) is 10.7. The van der Waals surface area contributed by atoms with Crippen LogP contribution < -0.4 is 0 Å². The van der Waals surface area contributed by atoms with E-state index in [0.717, 1.165) is 21.7 Å². The standard InChI is InChI=1S/C10H8BrClO2/c1-6-7(3-5-9(13)14)2-4-8(11)10(6)12/h2-5H,1H3,(H,13,14)/b5-3+. The molecule has 0 saturated carbocycles. The van der Waals surface area contributed by atoms with Crippen LogP contribution in [0.15, 0.2) is 22.7 Å². The number of benzene rings is 1. The largest absolute Gasteiger partial charge is 0.478 e. The predicted molar refractivity (Wildman–Crippen MR) is 60.6 cm³/mol. The molecule has 0 unspecified atom stereocenters. The Labute approximate surface area is 95.3 Å². The Kier molecular flexibility index (Phi) is 3.72. The molecule has 1 N–H and O–H groups in total. The van der Waals surface area contributed by atoms with Crippen molar-refractivity contribution in [2.45, 2.75) is 6.92 Å². The van der Waals surface area contributed by atoms with Gasteiger partial charge in [-0.15, -0.1) is 0 Å². The van der Waals surface area contributed by atoms with Gasteiger partial charge in [0.25, 0.3) is 0 Å². The average Bonchev–Trinajstić information content (AvgIpc) is 2.13. The zero-order valence-electron chi connectivity index (χ0n) is 7.42. The highest BCUT2D eigenvalue weighted by Crippen LogP contribution is 2.28. The summed E-state index contributed by atoms with van der Waals surface area (Å²) in [5.41, 5.74) is 1.67. The van der Waals surface area contributed by atoms with Crippen LogP contribution in [-0.2, 0) is 4.79 Å². The lowest BCUT2D eigenvalue weighted by Crippen LogP contribution is -1.88. The molecule has 0 aromatic heterocycles. The molecule has 2 nitrogen and oxygen atoms in total. The van der Waals surface area contributed by atoms with Crippen molar-refractivity contribution in [2.24, 2.45) is 0 Å². The molecule has 0 bridgehead atoms. The average molecular weight is 276 g/mol. The topological polar surface area (TPSA) is 37.3 Å².